The van der Waals surface area contributed by atoms with Crippen LogP contribution in [0.3, 0.4) is 0 Å². The van der Waals surface area contributed by atoms with Crippen molar-refractivity contribution in [3.05, 3.63) is 35.4 Å². The van der Waals surface area contributed by atoms with Gasteiger partial charge in [-0.1, -0.05) is 31.2 Å². The number of carboxylic acids is 1. The first-order valence-electron chi connectivity index (χ1n) is 6.60. The van der Waals surface area contributed by atoms with Gasteiger partial charge in [-0.15, -0.1) is 0 Å². The maximum absolute atomic E-state index is 10.9. The number of hydrogen-bond donors (Lipinski definition) is 1. The van der Waals surface area contributed by atoms with Gasteiger partial charge in [0.2, 0.25) is 0 Å². The highest BCUT2D eigenvalue weighted by Crippen LogP contribution is 2.33. The maximum atomic E-state index is 10.9. The van der Waals surface area contributed by atoms with E-state index in [1.165, 1.54) is 17.5 Å². The van der Waals surface area contributed by atoms with Crippen molar-refractivity contribution in [1.82, 2.24) is 4.90 Å². The van der Waals surface area contributed by atoms with Gasteiger partial charge in [-0.05, 0) is 37.4 Å². The summed E-state index contributed by atoms with van der Waals surface area (Å²) in [5.74, 6) is -1.03. The van der Waals surface area contributed by atoms with Crippen LogP contribution in [0.15, 0.2) is 24.3 Å². The summed E-state index contributed by atoms with van der Waals surface area (Å²) < 4.78 is 0. The fourth-order valence-electron chi connectivity index (χ4n) is 2.82. The SMILES string of the molecule is CC(CN(C)C1CCCc2ccccc21)C(=O)O. The molecule has 2 atom stereocenters. The van der Waals surface area contributed by atoms with Crippen LogP contribution in [-0.2, 0) is 11.2 Å². The standard InChI is InChI=1S/C15H21NO2/c1-11(15(17)18)10-16(2)14-9-5-7-12-6-3-4-8-13(12)14/h3-4,6,8,11,14H,5,7,9-10H2,1-2H3,(H,17,18). The molecule has 0 saturated heterocycles. The number of aryl methyl sites for hydroxylation is 1. The highest BCUT2D eigenvalue weighted by molar-refractivity contribution is 5.69. The molecule has 1 aliphatic rings. The quantitative estimate of drug-likeness (QED) is 0.889. The largest absolute Gasteiger partial charge is 0.481 e. The van der Waals surface area contributed by atoms with E-state index in [0.29, 0.717) is 12.6 Å². The molecular formula is C15H21NO2. The van der Waals surface area contributed by atoms with E-state index in [1.54, 1.807) is 6.92 Å². The molecule has 98 valence electrons. The van der Waals surface area contributed by atoms with Crippen LogP contribution in [0.25, 0.3) is 0 Å². The summed E-state index contributed by atoms with van der Waals surface area (Å²) in [5.41, 5.74) is 2.80. The predicted molar refractivity (Wildman–Crippen MR) is 71.6 cm³/mol. The van der Waals surface area contributed by atoms with Crippen molar-refractivity contribution in [2.45, 2.75) is 32.2 Å². The number of nitrogens with zero attached hydrogens (tertiary/aromatic N) is 1. The highest BCUT2D eigenvalue weighted by Gasteiger charge is 2.25. The third-order valence-corrected chi connectivity index (χ3v) is 3.85. The Balaban J connectivity index is 2.12. The van der Waals surface area contributed by atoms with E-state index in [4.69, 9.17) is 5.11 Å². The Morgan fingerprint density at radius 1 is 1.50 bits per heavy atom. The van der Waals surface area contributed by atoms with Crippen molar-refractivity contribution in [2.24, 2.45) is 5.92 Å². The second kappa shape index (κ2) is 5.53. The van der Waals surface area contributed by atoms with Crippen LogP contribution in [0.4, 0.5) is 0 Å². The van der Waals surface area contributed by atoms with Gasteiger partial charge in [0.15, 0.2) is 0 Å². The molecule has 0 spiro atoms. The lowest BCUT2D eigenvalue weighted by Crippen LogP contribution is -2.33. The first-order valence-corrected chi connectivity index (χ1v) is 6.60. The second-order valence-corrected chi connectivity index (χ2v) is 5.29. The second-order valence-electron chi connectivity index (χ2n) is 5.29. The van der Waals surface area contributed by atoms with E-state index < -0.39 is 5.97 Å². The van der Waals surface area contributed by atoms with Gasteiger partial charge in [0.1, 0.15) is 0 Å². The molecule has 0 amide bonds. The van der Waals surface area contributed by atoms with Crippen molar-refractivity contribution >= 4 is 5.97 Å². The number of hydrogen-bond acceptors (Lipinski definition) is 2. The minimum atomic E-state index is -0.717. The molecule has 0 fully saturated rings. The van der Waals surface area contributed by atoms with Gasteiger partial charge in [0.05, 0.1) is 5.92 Å². The van der Waals surface area contributed by atoms with E-state index >= 15 is 0 Å². The molecule has 0 heterocycles. The summed E-state index contributed by atoms with van der Waals surface area (Å²) >= 11 is 0. The number of fused-ring (bicyclic) bond motifs is 1. The number of carbonyl (C=O) groups is 1. The monoisotopic (exact) mass is 247 g/mol. The molecule has 0 bridgehead atoms. The lowest BCUT2D eigenvalue weighted by atomic mass is 9.86. The zero-order valence-electron chi connectivity index (χ0n) is 11.1. The Labute approximate surface area is 108 Å². The number of carboxylic acid groups (broad SMARTS) is 1. The molecule has 1 aromatic rings. The molecule has 1 N–H and O–H groups in total. The van der Waals surface area contributed by atoms with Gasteiger partial charge in [-0.3, -0.25) is 9.69 Å². The fourth-order valence-corrected chi connectivity index (χ4v) is 2.82. The van der Waals surface area contributed by atoms with E-state index in [2.05, 4.69) is 29.2 Å². The van der Waals surface area contributed by atoms with Gasteiger partial charge in [0, 0.05) is 12.6 Å². The Bertz CT molecular complexity index is 430. The van der Waals surface area contributed by atoms with Crippen LogP contribution in [0.5, 0.6) is 0 Å². The smallest absolute Gasteiger partial charge is 0.307 e. The fraction of sp³-hybridized carbons (Fsp3) is 0.533. The Hall–Kier alpha value is -1.35. The minimum Gasteiger partial charge on any atom is -0.481 e. The Morgan fingerprint density at radius 3 is 2.94 bits per heavy atom. The lowest BCUT2D eigenvalue weighted by molar-refractivity contribution is -0.141. The van der Waals surface area contributed by atoms with E-state index in [9.17, 15) is 4.79 Å². The normalized spacial score (nSPS) is 20.5. The van der Waals surface area contributed by atoms with Crippen LogP contribution >= 0.6 is 0 Å². The zero-order valence-corrected chi connectivity index (χ0v) is 11.1. The average Bonchev–Trinajstić information content (AvgIpc) is 2.37. The Kier molecular flexibility index (Phi) is 4.02. The predicted octanol–water partition coefficient (Wildman–Crippen LogP) is 2.72. The molecule has 18 heavy (non-hydrogen) atoms. The average molecular weight is 247 g/mol. The van der Waals surface area contributed by atoms with E-state index in [0.717, 1.165) is 12.8 Å². The van der Waals surface area contributed by atoms with Gasteiger partial charge < -0.3 is 5.11 Å². The van der Waals surface area contributed by atoms with Crippen LogP contribution in [0, 0.1) is 5.92 Å². The minimum absolute atomic E-state index is 0.316. The highest BCUT2D eigenvalue weighted by atomic mass is 16.4. The summed E-state index contributed by atoms with van der Waals surface area (Å²) in [6.07, 6.45) is 3.46. The molecular weight excluding hydrogens is 226 g/mol. The molecule has 1 aromatic carbocycles. The zero-order chi connectivity index (χ0) is 13.1. The van der Waals surface area contributed by atoms with Gasteiger partial charge in [-0.25, -0.2) is 0 Å². The summed E-state index contributed by atoms with van der Waals surface area (Å²) in [6.45, 7) is 2.38. The van der Waals surface area contributed by atoms with Crippen LogP contribution < -0.4 is 0 Å². The molecule has 0 aliphatic heterocycles. The summed E-state index contributed by atoms with van der Waals surface area (Å²) in [7, 11) is 2.03. The van der Waals surface area contributed by atoms with Gasteiger partial charge in [0.25, 0.3) is 0 Å². The van der Waals surface area contributed by atoms with Crippen LogP contribution in [0.1, 0.15) is 36.9 Å². The number of benzene rings is 1. The molecule has 0 saturated carbocycles. The number of aliphatic carboxylic acids is 1. The molecule has 1 aliphatic carbocycles. The van der Waals surface area contributed by atoms with Crippen molar-refractivity contribution in [1.29, 1.82) is 0 Å². The first-order chi connectivity index (χ1) is 8.59. The number of rotatable bonds is 4. The van der Waals surface area contributed by atoms with E-state index in [-0.39, 0.29) is 5.92 Å². The molecule has 3 heteroatoms. The topological polar surface area (TPSA) is 40.5 Å². The lowest BCUT2D eigenvalue weighted by Gasteiger charge is -2.34. The third-order valence-electron chi connectivity index (χ3n) is 3.85. The van der Waals surface area contributed by atoms with Crippen LogP contribution in [0.2, 0.25) is 0 Å². The van der Waals surface area contributed by atoms with E-state index in [1.807, 2.05) is 7.05 Å². The molecule has 0 aromatic heterocycles. The van der Waals surface area contributed by atoms with Crippen LogP contribution in [-0.4, -0.2) is 29.6 Å². The molecule has 3 nitrogen and oxygen atoms in total. The molecule has 2 rings (SSSR count). The van der Waals surface area contributed by atoms with Gasteiger partial charge >= 0.3 is 5.97 Å². The molecule has 2 unspecified atom stereocenters. The maximum Gasteiger partial charge on any atom is 0.307 e. The Morgan fingerprint density at radius 2 is 2.22 bits per heavy atom. The summed E-state index contributed by atoms with van der Waals surface area (Å²) in [5, 5.41) is 9.00. The van der Waals surface area contributed by atoms with Crippen molar-refractivity contribution in [3.63, 3.8) is 0 Å². The van der Waals surface area contributed by atoms with Crippen molar-refractivity contribution < 1.29 is 9.90 Å². The van der Waals surface area contributed by atoms with Gasteiger partial charge in [-0.2, -0.15) is 0 Å². The third kappa shape index (κ3) is 2.72. The molecule has 0 radical (unpaired) electrons. The van der Waals surface area contributed by atoms with Crippen molar-refractivity contribution in [3.8, 4) is 0 Å². The summed E-state index contributed by atoms with van der Waals surface area (Å²) in [6, 6.07) is 8.90. The summed E-state index contributed by atoms with van der Waals surface area (Å²) in [4.78, 5) is 13.1. The van der Waals surface area contributed by atoms with Crippen molar-refractivity contribution in [2.75, 3.05) is 13.6 Å². The first kappa shape index (κ1) is 13.1.